The van der Waals surface area contributed by atoms with Gasteiger partial charge in [0, 0.05) is 10.9 Å². The summed E-state index contributed by atoms with van der Waals surface area (Å²) in [5, 5.41) is 23.2. The molecule has 0 saturated carbocycles. The highest BCUT2D eigenvalue weighted by atomic mass is 16.6. The number of ether oxygens (including phenoxy) is 2. The van der Waals surface area contributed by atoms with E-state index in [-0.39, 0.29) is 11.6 Å². The number of aromatic nitrogens is 1. The third kappa shape index (κ3) is 6.60. The van der Waals surface area contributed by atoms with Gasteiger partial charge in [0.2, 0.25) is 5.88 Å². The van der Waals surface area contributed by atoms with Crippen molar-refractivity contribution in [1.82, 2.24) is 9.47 Å². The predicted octanol–water partition coefficient (Wildman–Crippen LogP) is 5.10. The van der Waals surface area contributed by atoms with E-state index in [1.165, 1.54) is 6.21 Å². The number of fused-ring (bicyclic) bond motifs is 1. The summed E-state index contributed by atoms with van der Waals surface area (Å²) in [6.45, 7) is 6.20. The van der Waals surface area contributed by atoms with Crippen LogP contribution in [0, 0.1) is 0 Å². The number of rotatable bonds is 13. The van der Waals surface area contributed by atoms with Gasteiger partial charge >= 0.3 is 5.91 Å². The molecule has 3 rings (SSSR count). The van der Waals surface area contributed by atoms with Gasteiger partial charge < -0.3 is 19.4 Å². The molecule has 0 bridgehead atoms. The number of aromatic hydroxyl groups is 1. The molecule has 36 heavy (non-hydrogen) atoms. The van der Waals surface area contributed by atoms with Crippen molar-refractivity contribution in [2.45, 2.75) is 33.4 Å². The average Bonchev–Trinajstić information content (AvgIpc) is 3.15. The largest absolute Gasteiger partial charge is 0.493 e. The normalized spacial score (nSPS) is 11.7. The fourth-order valence-corrected chi connectivity index (χ4v) is 3.86. The van der Waals surface area contributed by atoms with E-state index in [4.69, 9.17) is 14.3 Å². The molecule has 192 valence electrons. The van der Waals surface area contributed by atoms with Crippen LogP contribution in [0.5, 0.6) is 17.4 Å². The quantitative estimate of drug-likeness (QED) is 0.201. The first-order valence-corrected chi connectivity index (χ1v) is 11.9. The average molecular weight is 496 g/mol. The van der Waals surface area contributed by atoms with Crippen molar-refractivity contribution in [1.29, 1.82) is 0 Å². The van der Waals surface area contributed by atoms with Gasteiger partial charge in [-0.05, 0) is 50.2 Å². The Morgan fingerprint density at radius 3 is 2.47 bits per heavy atom. The molecule has 0 aliphatic rings. The Balaban J connectivity index is 1.68. The van der Waals surface area contributed by atoms with Gasteiger partial charge in [-0.15, -0.1) is 10.2 Å². The summed E-state index contributed by atoms with van der Waals surface area (Å²) in [6, 6.07) is 12.8. The molecule has 2 aromatic carbocycles. The van der Waals surface area contributed by atoms with Gasteiger partial charge in [-0.1, -0.05) is 37.2 Å². The number of carbonyl (C=O) groups is 1. The van der Waals surface area contributed by atoms with Crippen molar-refractivity contribution < 1.29 is 24.2 Å². The fraction of sp³-hybridized carbons (Fsp3) is 0.385. The predicted molar refractivity (Wildman–Crippen MR) is 138 cm³/mol. The Labute approximate surface area is 210 Å². The highest BCUT2D eigenvalue weighted by molar-refractivity contribution is 5.95. The highest BCUT2D eigenvalue weighted by Crippen LogP contribution is 2.39. The number of hydrogen-bond donors (Lipinski definition) is 1. The Kier molecular flexibility index (Phi) is 9.82. The Morgan fingerprint density at radius 2 is 1.78 bits per heavy atom. The lowest BCUT2D eigenvalue weighted by atomic mass is 10.2. The third-order valence-electron chi connectivity index (χ3n) is 5.47. The molecule has 0 aliphatic carbocycles. The number of carbonyl (C=O) groups excluding carboxylic acids is 1. The summed E-state index contributed by atoms with van der Waals surface area (Å²) in [5.41, 5.74) is 1.78. The lowest BCUT2D eigenvalue weighted by Gasteiger charge is -2.22. The van der Waals surface area contributed by atoms with E-state index in [2.05, 4.69) is 34.1 Å². The molecule has 1 N–H and O–H groups in total. The third-order valence-corrected chi connectivity index (χ3v) is 5.47. The van der Waals surface area contributed by atoms with Crippen molar-refractivity contribution in [2.24, 2.45) is 15.4 Å². The van der Waals surface area contributed by atoms with Crippen LogP contribution in [-0.4, -0.2) is 60.6 Å². The van der Waals surface area contributed by atoms with E-state index < -0.39 is 12.5 Å². The first-order valence-electron chi connectivity index (χ1n) is 11.9. The smallest absolute Gasteiger partial charge is 0.304 e. The molecule has 0 radical (unpaired) electrons. The second kappa shape index (κ2) is 13.2. The second-order valence-electron chi connectivity index (χ2n) is 8.09. The van der Waals surface area contributed by atoms with Crippen LogP contribution in [0.4, 0.5) is 5.69 Å². The van der Waals surface area contributed by atoms with E-state index in [1.807, 2.05) is 24.3 Å². The highest BCUT2D eigenvalue weighted by Gasteiger charge is 2.18. The molecule has 0 fully saturated rings. The Bertz CT molecular complexity index is 1210. The lowest BCUT2D eigenvalue weighted by Crippen LogP contribution is -2.27. The van der Waals surface area contributed by atoms with Gasteiger partial charge in [0.15, 0.2) is 23.8 Å². The molecule has 1 amide bonds. The van der Waals surface area contributed by atoms with Crippen molar-refractivity contribution in [3.8, 4) is 17.4 Å². The maximum Gasteiger partial charge on any atom is 0.304 e. The number of hydrogen-bond acceptors (Lipinski definition) is 8. The number of oxime groups is 1. The summed E-state index contributed by atoms with van der Waals surface area (Å²) in [4.78, 5) is 19.6. The molecule has 10 nitrogen and oxygen atoms in total. The minimum absolute atomic E-state index is 0.0302. The Hall–Kier alpha value is -3.92. The van der Waals surface area contributed by atoms with Gasteiger partial charge in [-0.2, -0.15) is 0 Å². The summed E-state index contributed by atoms with van der Waals surface area (Å²) in [6.07, 6.45) is 3.47. The van der Waals surface area contributed by atoms with Crippen LogP contribution >= 0.6 is 0 Å². The van der Waals surface area contributed by atoms with Crippen LogP contribution in [-0.2, 0) is 16.3 Å². The summed E-state index contributed by atoms with van der Waals surface area (Å²) in [5.74, 6) is 0.489. The molecule has 0 spiro atoms. The minimum atomic E-state index is -0.630. The maximum absolute atomic E-state index is 12.2. The summed E-state index contributed by atoms with van der Waals surface area (Å²) < 4.78 is 12.2. The van der Waals surface area contributed by atoms with Crippen molar-refractivity contribution in [3.05, 3.63) is 48.0 Å². The molecular formula is C26H33N5O5. The molecule has 1 heterocycles. The molecule has 10 heteroatoms. The van der Waals surface area contributed by atoms with Gasteiger partial charge in [-0.25, -0.2) is 0 Å². The maximum atomic E-state index is 12.2. The molecule has 0 aliphatic heterocycles. The minimum Gasteiger partial charge on any atom is -0.493 e. The van der Waals surface area contributed by atoms with Crippen LogP contribution in [0.15, 0.2) is 57.8 Å². The van der Waals surface area contributed by atoms with E-state index in [9.17, 15) is 9.90 Å². The van der Waals surface area contributed by atoms with Crippen molar-refractivity contribution in [2.75, 3.05) is 33.9 Å². The van der Waals surface area contributed by atoms with Gasteiger partial charge in [0.05, 0.1) is 32.6 Å². The zero-order valence-corrected chi connectivity index (χ0v) is 21.2. The number of amides is 1. The fourth-order valence-electron chi connectivity index (χ4n) is 3.86. The molecule has 0 saturated heterocycles. The summed E-state index contributed by atoms with van der Waals surface area (Å²) >= 11 is 0. The van der Waals surface area contributed by atoms with Gasteiger partial charge in [0.1, 0.15) is 0 Å². The Morgan fingerprint density at radius 1 is 1.06 bits per heavy atom. The number of nitrogens with zero attached hydrogens (tertiary/aromatic N) is 5. The molecule has 3 aromatic rings. The molecule has 0 atom stereocenters. The van der Waals surface area contributed by atoms with Gasteiger partial charge in [-0.3, -0.25) is 14.3 Å². The SMILES string of the molecule is CCCN(CCC)Cn1c(O)c(N=NC(=O)CO/N=C/c2ccc(OC)c(OC)c2)c2ccccc21. The van der Waals surface area contributed by atoms with Crippen molar-refractivity contribution >= 4 is 28.7 Å². The van der Waals surface area contributed by atoms with Crippen LogP contribution in [0.2, 0.25) is 0 Å². The van der Waals surface area contributed by atoms with E-state index in [0.717, 1.165) is 31.4 Å². The first-order chi connectivity index (χ1) is 17.5. The number of para-hydroxylation sites is 1. The van der Waals surface area contributed by atoms with E-state index in [1.54, 1.807) is 37.0 Å². The summed E-state index contributed by atoms with van der Waals surface area (Å²) in [7, 11) is 3.10. The number of methoxy groups -OCH3 is 2. The lowest BCUT2D eigenvalue weighted by molar-refractivity contribution is -0.122. The van der Waals surface area contributed by atoms with Crippen molar-refractivity contribution in [3.63, 3.8) is 0 Å². The molecular weight excluding hydrogens is 462 g/mol. The monoisotopic (exact) mass is 495 g/mol. The van der Waals surface area contributed by atoms with E-state index in [0.29, 0.717) is 29.1 Å². The van der Waals surface area contributed by atoms with E-state index >= 15 is 0 Å². The first kappa shape index (κ1) is 26.7. The molecule has 1 aromatic heterocycles. The van der Waals surface area contributed by atoms with Crippen LogP contribution < -0.4 is 9.47 Å². The van der Waals surface area contributed by atoms with Crippen LogP contribution in [0.3, 0.4) is 0 Å². The zero-order valence-electron chi connectivity index (χ0n) is 21.2. The molecule has 0 unspecified atom stereocenters. The standard InChI is InChI=1S/C26H33N5O5/c1-5-13-30(14-6-2)18-31-21-10-8-7-9-20(21)25(26(31)33)29-28-24(32)17-36-27-16-19-11-12-22(34-3)23(15-19)35-4/h7-12,15-16,33H,5-6,13-14,17-18H2,1-4H3/b27-16+,29-28?. The topological polar surface area (TPSA) is 110 Å². The zero-order chi connectivity index (χ0) is 25.9. The second-order valence-corrected chi connectivity index (χ2v) is 8.09. The number of azo groups is 1. The number of benzene rings is 2. The van der Waals surface area contributed by atoms with Crippen LogP contribution in [0.25, 0.3) is 10.9 Å². The van der Waals surface area contributed by atoms with Gasteiger partial charge in [0.25, 0.3) is 0 Å². The van der Waals surface area contributed by atoms with Crippen LogP contribution in [0.1, 0.15) is 32.3 Å².